The molecule has 0 saturated heterocycles. The standard InChI is InChI=1S/C33H24N4O6/c34-20-32(21-35)28(23-11-7-15-26(17-23)36(40)41)19-33(39,25-13-5-2-6-14-25)30(31(38)22-9-3-1-4-10-22)29(32)24-12-8-16-27(18-24)37(42)43/h1-18,28-30,39H,19H2. The predicted molar refractivity (Wildman–Crippen MR) is 155 cm³/mol. The van der Waals surface area contributed by atoms with Gasteiger partial charge >= 0.3 is 0 Å². The second-order valence-electron chi connectivity index (χ2n) is 10.5. The lowest BCUT2D eigenvalue weighted by Gasteiger charge is -2.53. The van der Waals surface area contributed by atoms with Crippen LogP contribution in [0.1, 0.15) is 45.3 Å². The van der Waals surface area contributed by atoms with Crippen molar-refractivity contribution in [2.75, 3.05) is 0 Å². The van der Waals surface area contributed by atoms with Crippen LogP contribution >= 0.6 is 0 Å². The van der Waals surface area contributed by atoms with Gasteiger partial charge in [0.2, 0.25) is 0 Å². The molecule has 10 heteroatoms. The molecule has 10 nitrogen and oxygen atoms in total. The summed E-state index contributed by atoms with van der Waals surface area (Å²) in [5, 5.41) is 57.9. The number of nitro benzene ring substituents is 2. The Morgan fingerprint density at radius 3 is 1.81 bits per heavy atom. The number of carbonyl (C=O) groups is 1. The van der Waals surface area contributed by atoms with E-state index in [0.717, 1.165) is 0 Å². The molecule has 4 aromatic carbocycles. The number of aliphatic hydroxyl groups is 1. The van der Waals surface area contributed by atoms with Gasteiger partial charge in [-0.1, -0.05) is 84.9 Å². The molecule has 0 spiro atoms. The summed E-state index contributed by atoms with van der Waals surface area (Å²) in [5.74, 6) is -4.54. The molecule has 0 bridgehead atoms. The minimum atomic E-state index is -2.08. The number of nitriles is 2. The van der Waals surface area contributed by atoms with Crippen LogP contribution in [-0.4, -0.2) is 20.7 Å². The van der Waals surface area contributed by atoms with Crippen LogP contribution < -0.4 is 0 Å². The Labute approximate surface area is 246 Å². The van der Waals surface area contributed by atoms with Crippen molar-refractivity contribution in [3.63, 3.8) is 0 Å². The van der Waals surface area contributed by atoms with E-state index in [-0.39, 0.29) is 34.5 Å². The van der Waals surface area contributed by atoms with Crippen LogP contribution in [0.25, 0.3) is 0 Å². The molecule has 5 rings (SSSR count). The molecular weight excluding hydrogens is 548 g/mol. The van der Waals surface area contributed by atoms with Crippen molar-refractivity contribution in [3.8, 4) is 12.1 Å². The summed E-state index contributed by atoms with van der Waals surface area (Å²) in [6.07, 6.45) is -0.312. The molecule has 1 saturated carbocycles. The second kappa shape index (κ2) is 11.3. The molecule has 1 fully saturated rings. The Kier molecular flexibility index (Phi) is 7.56. The minimum Gasteiger partial charge on any atom is -0.384 e. The first-order valence-electron chi connectivity index (χ1n) is 13.3. The fourth-order valence-electron chi connectivity index (χ4n) is 6.37. The lowest BCUT2D eigenvalue weighted by atomic mass is 9.48. The summed E-state index contributed by atoms with van der Waals surface area (Å²) >= 11 is 0. The summed E-state index contributed by atoms with van der Waals surface area (Å²) in [7, 11) is 0. The van der Waals surface area contributed by atoms with Crippen molar-refractivity contribution < 1.29 is 19.7 Å². The lowest BCUT2D eigenvalue weighted by molar-refractivity contribution is -0.385. The van der Waals surface area contributed by atoms with Crippen molar-refractivity contribution in [2.45, 2.75) is 23.9 Å². The van der Waals surface area contributed by atoms with Crippen LogP contribution in [0.2, 0.25) is 0 Å². The zero-order valence-corrected chi connectivity index (χ0v) is 22.6. The zero-order chi connectivity index (χ0) is 30.8. The fourth-order valence-corrected chi connectivity index (χ4v) is 6.37. The van der Waals surface area contributed by atoms with Crippen molar-refractivity contribution in [3.05, 3.63) is 152 Å². The van der Waals surface area contributed by atoms with Crippen LogP contribution in [0.5, 0.6) is 0 Å². The van der Waals surface area contributed by atoms with Crippen LogP contribution in [-0.2, 0) is 5.60 Å². The molecule has 4 aromatic rings. The number of hydrogen-bond acceptors (Lipinski definition) is 8. The van der Waals surface area contributed by atoms with Gasteiger partial charge in [-0.3, -0.25) is 25.0 Å². The highest BCUT2D eigenvalue weighted by atomic mass is 16.6. The molecule has 0 heterocycles. The first kappa shape index (κ1) is 28.8. The molecule has 1 aliphatic carbocycles. The van der Waals surface area contributed by atoms with E-state index in [4.69, 9.17) is 0 Å². The fraction of sp³-hybridized carbons (Fsp3) is 0.182. The van der Waals surface area contributed by atoms with Crippen LogP contribution in [0.15, 0.2) is 109 Å². The highest BCUT2D eigenvalue weighted by molar-refractivity contribution is 5.99. The second-order valence-corrected chi connectivity index (χ2v) is 10.5. The van der Waals surface area contributed by atoms with Gasteiger partial charge < -0.3 is 5.11 Å². The van der Waals surface area contributed by atoms with Gasteiger partial charge in [-0.2, -0.15) is 10.5 Å². The number of ketones is 1. The SMILES string of the molecule is N#CC1(C#N)C(c2cccc([N+](=O)[O-])c2)CC(O)(c2ccccc2)C(C(=O)c2ccccc2)C1c1cccc([N+](=O)[O-])c1. The average Bonchev–Trinajstić information content (AvgIpc) is 3.05. The van der Waals surface area contributed by atoms with Gasteiger partial charge in [-0.05, 0) is 23.1 Å². The third kappa shape index (κ3) is 4.90. The molecule has 1 N–H and O–H groups in total. The first-order chi connectivity index (χ1) is 20.7. The Balaban J connectivity index is 1.88. The molecule has 1 aliphatic rings. The molecule has 0 aliphatic heterocycles. The molecule has 212 valence electrons. The molecule has 43 heavy (non-hydrogen) atoms. The number of carbonyl (C=O) groups excluding carboxylic acids is 1. The van der Waals surface area contributed by atoms with E-state index in [1.54, 1.807) is 60.7 Å². The number of Topliss-reactive ketones (excluding diaryl/α,β-unsaturated/α-hetero) is 1. The average molecular weight is 573 g/mol. The van der Waals surface area contributed by atoms with Gasteiger partial charge in [0.05, 0.1) is 27.9 Å². The van der Waals surface area contributed by atoms with E-state index in [1.165, 1.54) is 48.5 Å². The third-order valence-electron chi connectivity index (χ3n) is 8.31. The van der Waals surface area contributed by atoms with E-state index < -0.39 is 44.4 Å². The highest BCUT2D eigenvalue weighted by Crippen LogP contribution is 2.63. The van der Waals surface area contributed by atoms with Crippen LogP contribution in [0, 0.1) is 54.2 Å². The Morgan fingerprint density at radius 1 is 0.767 bits per heavy atom. The summed E-state index contributed by atoms with van der Waals surface area (Å²) in [6, 6.07) is 31.6. The summed E-state index contributed by atoms with van der Waals surface area (Å²) in [6.45, 7) is 0. The van der Waals surface area contributed by atoms with Crippen molar-refractivity contribution >= 4 is 17.2 Å². The maximum Gasteiger partial charge on any atom is 0.269 e. The number of benzene rings is 4. The molecule has 4 unspecified atom stereocenters. The van der Waals surface area contributed by atoms with Gasteiger partial charge in [0, 0.05) is 41.7 Å². The smallest absolute Gasteiger partial charge is 0.269 e. The summed E-state index contributed by atoms with van der Waals surface area (Å²) in [4.78, 5) is 36.8. The minimum absolute atomic E-state index is 0.135. The van der Waals surface area contributed by atoms with E-state index in [1.807, 2.05) is 0 Å². The highest BCUT2D eigenvalue weighted by Gasteiger charge is 2.64. The topological polar surface area (TPSA) is 171 Å². The maximum absolute atomic E-state index is 14.5. The molecule has 0 amide bonds. The predicted octanol–water partition coefficient (Wildman–Crippen LogP) is 6.19. The van der Waals surface area contributed by atoms with Gasteiger partial charge in [0.15, 0.2) is 11.2 Å². The van der Waals surface area contributed by atoms with Crippen LogP contribution in [0.3, 0.4) is 0 Å². The van der Waals surface area contributed by atoms with Crippen molar-refractivity contribution in [2.24, 2.45) is 11.3 Å². The van der Waals surface area contributed by atoms with Gasteiger partial charge in [-0.25, -0.2) is 0 Å². The third-order valence-corrected chi connectivity index (χ3v) is 8.31. The van der Waals surface area contributed by atoms with E-state index >= 15 is 0 Å². The monoisotopic (exact) mass is 572 g/mol. The van der Waals surface area contributed by atoms with Gasteiger partial charge in [-0.15, -0.1) is 0 Å². The number of non-ortho nitro benzene ring substituents is 2. The molecular formula is C33H24N4O6. The normalized spacial score (nSPS) is 22.4. The Bertz CT molecular complexity index is 1780. The first-order valence-corrected chi connectivity index (χ1v) is 13.3. The maximum atomic E-state index is 14.5. The van der Waals surface area contributed by atoms with Crippen molar-refractivity contribution in [1.82, 2.24) is 0 Å². The van der Waals surface area contributed by atoms with Gasteiger partial charge in [0.25, 0.3) is 11.4 Å². The number of hydrogen-bond donors (Lipinski definition) is 1. The molecule has 0 radical (unpaired) electrons. The number of nitro groups is 2. The van der Waals surface area contributed by atoms with E-state index in [2.05, 4.69) is 12.1 Å². The van der Waals surface area contributed by atoms with Crippen molar-refractivity contribution in [1.29, 1.82) is 10.5 Å². The van der Waals surface area contributed by atoms with E-state index in [9.17, 15) is 40.7 Å². The molecule has 0 aromatic heterocycles. The number of nitrogens with zero attached hydrogens (tertiary/aromatic N) is 4. The van der Waals surface area contributed by atoms with Gasteiger partial charge in [0.1, 0.15) is 5.60 Å². The zero-order valence-electron chi connectivity index (χ0n) is 22.6. The molecule has 4 atom stereocenters. The Hall–Kier alpha value is -5.71. The van der Waals surface area contributed by atoms with E-state index in [0.29, 0.717) is 5.56 Å². The Morgan fingerprint density at radius 2 is 1.28 bits per heavy atom. The quantitative estimate of drug-likeness (QED) is 0.155. The van der Waals surface area contributed by atoms with Crippen LogP contribution in [0.4, 0.5) is 11.4 Å². The lowest BCUT2D eigenvalue weighted by Crippen LogP contribution is -2.55. The largest absolute Gasteiger partial charge is 0.384 e. The number of rotatable bonds is 7. The summed E-state index contributed by atoms with van der Waals surface area (Å²) < 4.78 is 0. The summed E-state index contributed by atoms with van der Waals surface area (Å²) in [5.41, 5.74) is -3.76.